The van der Waals surface area contributed by atoms with Crippen LogP contribution in [0.5, 0.6) is 0 Å². The zero-order valence-electron chi connectivity index (χ0n) is 11.4. The fraction of sp³-hybridized carbons (Fsp3) is 0.714. The molecule has 1 saturated heterocycles. The molecule has 1 aromatic rings. The smallest absolute Gasteiger partial charge is 0.0332 e. The molecule has 2 rings (SSSR count). The highest BCUT2D eigenvalue weighted by Crippen LogP contribution is 2.29. The number of hydrogen-bond donors (Lipinski definition) is 1. The Labute approximate surface area is 109 Å². The molecule has 0 amide bonds. The maximum Gasteiger partial charge on any atom is 0.0332 e. The number of nitrogens with one attached hydrogen (secondary N) is 1. The maximum atomic E-state index is 3.69. The van der Waals surface area contributed by atoms with Gasteiger partial charge in [-0.3, -0.25) is 4.90 Å². The number of rotatable bonds is 3. The standard InChI is InChI=1S/C14H24N2S/c1-5-14(4)10-16(11(2)8-15-14)12(3)13-6-7-17-9-13/h6-7,9,11-12,15H,5,8,10H2,1-4H3. The van der Waals surface area contributed by atoms with Crippen LogP contribution in [-0.2, 0) is 0 Å². The second-order valence-electron chi connectivity index (χ2n) is 5.55. The van der Waals surface area contributed by atoms with Crippen molar-refractivity contribution in [3.8, 4) is 0 Å². The highest BCUT2D eigenvalue weighted by molar-refractivity contribution is 7.07. The Bertz CT molecular complexity index is 349. The first-order chi connectivity index (χ1) is 8.06. The zero-order chi connectivity index (χ0) is 12.5. The quantitative estimate of drug-likeness (QED) is 0.888. The van der Waals surface area contributed by atoms with Crippen molar-refractivity contribution in [1.29, 1.82) is 0 Å². The largest absolute Gasteiger partial charge is 0.309 e. The van der Waals surface area contributed by atoms with Gasteiger partial charge in [0, 0.05) is 30.7 Å². The van der Waals surface area contributed by atoms with Crippen molar-refractivity contribution in [2.24, 2.45) is 0 Å². The molecule has 1 aliphatic rings. The van der Waals surface area contributed by atoms with Crippen molar-refractivity contribution < 1.29 is 0 Å². The summed E-state index contributed by atoms with van der Waals surface area (Å²) in [5, 5.41) is 8.14. The number of piperazine rings is 1. The van der Waals surface area contributed by atoms with E-state index < -0.39 is 0 Å². The van der Waals surface area contributed by atoms with Gasteiger partial charge >= 0.3 is 0 Å². The third-order valence-corrected chi connectivity index (χ3v) is 4.93. The summed E-state index contributed by atoms with van der Waals surface area (Å²) in [6, 6.07) is 3.40. The van der Waals surface area contributed by atoms with Crippen LogP contribution in [0.4, 0.5) is 0 Å². The molecule has 1 aliphatic heterocycles. The van der Waals surface area contributed by atoms with Gasteiger partial charge in [0.2, 0.25) is 0 Å². The van der Waals surface area contributed by atoms with Crippen molar-refractivity contribution in [1.82, 2.24) is 10.2 Å². The number of nitrogens with zero attached hydrogens (tertiary/aromatic N) is 1. The molecule has 0 saturated carbocycles. The Morgan fingerprint density at radius 2 is 2.41 bits per heavy atom. The van der Waals surface area contributed by atoms with Crippen LogP contribution in [0.2, 0.25) is 0 Å². The molecule has 3 atom stereocenters. The molecule has 2 nitrogen and oxygen atoms in total. The average molecular weight is 252 g/mol. The lowest BCUT2D eigenvalue weighted by Crippen LogP contribution is -2.62. The molecular weight excluding hydrogens is 228 g/mol. The first-order valence-corrected chi connectivity index (χ1v) is 7.53. The summed E-state index contributed by atoms with van der Waals surface area (Å²) in [6.45, 7) is 11.5. The molecule has 0 spiro atoms. The van der Waals surface area contributed by atoms with E-state index in [2.05, 4.69) is 54.7 Å². The second kappa shape index (κ2) is 5.09. The minimum absolute atomic E-state index is 0.275. The van der Waals surface area contributed by atoms with Crippen molar-refractivity contribution in [2.45, 2.75) is 51.7 Å². The predicted octanol–water partition coefficient (Wildman–Crippen LogP) is 3.27. The molecule has 0 aliphatic carbocycles. The lowest BCUT2D eigenvalue weighted by atomic mass is 9.92. The van der Waals surface area contributed by atoms with Crippen LogP contribution >= 0.6 is 11.3 Å². The number of hydrogen-bond acceptors (Lipinski definition) is 3. The van der Waals surface area contributed by atoms with Gasteiger partial charge in [0.15, 0.2) is 0 Å². The molecule has 0 aromatic carbocycles. The van der Waals surface area contributed by atoms with Gasteiger partial charge in [0.1, 0.15) is 0 Å². The van der Waals surface area contributed by atoms with Gasteiger partial charge in [0.05, 0.1) is 0 Å². The Morgan fingerprint density at radius 3 is 3.00 bits per heavy atom. The third-order valence-electron chi connectivity index (χ3n) is 4.23. The van der Waals surface area contributed by atoms with Gasteiger partial charge in [-0.2, -0.15) is 11.3 Å². The Kier molecular flexibility index (Phi) is 3.91. The second-order valence-corrected chi connectivity index (χ2v) is 6.33. The Morgan fingerprint density at radius 1 is 1.65 bits per heavy atom. The molecule has 1 N–H and O–H groups in total. The molecule has 0 bridgehead atoms. The molecule has 1 aromatic heterocycles. The maximum absolute atomic E-state index is 3.69. The van der Waals surface area contributed by atoms with E-state index >= 15 is 0 Å². The fourth-order valence-electron chi connectivity index (χ4n) is 2.59. The molecule has 2 heterocycles. The Hall–Kier alpha value is -0.380. The van der Waals surface area contributed by atoms with E-state index in [1.54, 1.807) is 11.3 Å². The first-order valence-electron chi connectivity index (χ1n) is 6.58. The molecule has 3 unspecified atom stereocenters. The van der Waals surface area contributed by atoms with Gasteiger partial charge in [-0.15, -0.1) is 0 Å². The molecule has 1 fully saturated rings. The van der Waals surface area contributed by atoms with Crippen LogP contribution < -0.4 is 5.32 Å². The van der Waals surface area contributed by atoms with Crippen molar-refractivity contribution in [3.05, 3.63) is 22.4 Å². The highest BCUT2D eigenvalue weighted by atomic mass is 32.1. The van der Waals surface area contributed by atoms with E-state index in [1.807, 2.05) is 0 Å². The minimum Gasteiger partial charge on any atom is -0.309 e. The molecule has 96 valence electrons. The van der Waals surface area contributed by atoms with Crippen LogP contribution in [0.15, 0.2) is 16.8 Å². The first kappa shape index (κ1) is 13.1. The SMILES string of the molecule is CCC1(C)CN(C(C)c2ccsc2)C(C)CN1. The van der Waals surface area contributed by atoms with Crippen molar-refractivity contribution in [2.75, 3.05) is 13.1 Å². The lowest BCUT2D eigenvalue weighted by molar-refractivity contribution is 0.0598. The van der Waals surface area contributed by atoms with Gasteiger partial charge in [-0.05, 0) is 49.6 Å². The summed E-state index contributed by atoms with van der Waals surface area (Å²) in [5.74, 6) is 0. The summed E-state index contributed by atoms with van der Waals surface area (Å²) >= 11 is 1.80. The lowest BCUT2D eigenvalue weighted by Gasteiger charge is -2.47. The van der Waals surface area contributed by atoms with Crippen LogP contribution in [-0.4, -0.2) is 29.6 Å². The van der Waals surface area contributed by atoms with Crippen molar-refractivity contribution in [3.63, 3.8) is 0 Å². The van der Waals surface area contributed by atoms with Crippen LogP contribution in [0.3, 0.4) is 0 Å². The highest BCUT2D eigenvalue weighted by Gasteiger charge is 2.35. The topological polar surface area (TPSA) is 15.3 Å². The van der Waals surface area contributed by atoms with E-state index in [0.29, 0.717) is 12.1 Å². The minimum atomic E-state index is 0.275. The van der Waals surface area contributed by atoms with Gasteiger partial charge < -0.3 is 5.32 Å². The summed E-state index contributed by atoms with van der Waals surface area (Å²) in [6.07, 6.45) is 1.19. The molecular formula is C14H24N2S. The van der Waals surface area contributed by atoms with E-state index in [-0.39, 0.29) is 5.54 Å². The Balaban J connectivity index is 2.13. The van der Waals surface area contributed by atoms with Gasteiger partial charge in [-0.1, -0.05) is 6.92 Å². The van der Waals surface area contributed by atoms with Gasteiger partial charge in [0.25, 0.3) is 0 Å². The number of thiophene rings is 1. The summed E-state index contributed by atoms with van der Waals surface area (Å²) in [7, 11) is 0. The van der Waals surface area contributed by atoms with Crippen LogP contribution in [0.25, 0.3) is 0 Å². The summed E-state index contributed by atoms with van der Waals surface area (Å²) in [5.41, 5.74) is 1.73. The van der Waals surface area contributed by atoms with E-state index in [9.17, 15) is 0 Å². The normalized spacial score (nSPS) is 32.6. The van der Waals surface area contributed by atoms with Crippen LogP contribution in [0.1, 0.15) is 45.7 Å². The third kappa shape index (κ3) is 2.72. The van der Waals surface area contributed by atoms with E-state index in [1.165, 1.54) is 12.0 Å². The van der Waals surface area contributed by atoms with E-state index in [4.69, 9.17) is 0 Å². The van der Waals surface area contributed by atoms with Crippen molar-refractivity contribution >= 4 is 11.3 Å². The molecule has 17 heavy (non-hydrogen) atoms. The monoisotopic (exact) mass is 252 g/mol. The molecule has 0 radical (unpaired) electrons. The summed E-state index contributed by atoms with van der Waals surface area (Å²) < 4.78 is 0. The van der Waals surface area contributed by atoms with Crippen LogP contribution in [0, 0.1) is 0 Å². The zero-order valence-corrected chi connectivity index (χ0v) is 12.2. The predicted molar refractivity (Wildman–Crippen MR) is 75.6 cm³/mol. The summed E-state index contributed by atoms with van der Waals surface area (Å²) in [4.78, 5) is 2.64. The average Bonchev–Trinajstić information content (AvgIpc) is 2.85. The van der Waals surface area contributed by atoms with Gasteiger partial charge in [-0.25, -0.2) is 0 Å². The molecule has 3 heteroatoms. The fourth-order valence-corrected chi connectivity index (χ4v) is 3.33. The van der Waals surface area contributed by atoms with E-state index in [0.717, 1.165) is 13.1 Å².